The summed E-state index contributed by atoms with van der Waals surface area (Å²) in [5, 5.41) is 3.44. The Bertz CT molecular complexity index is 286. The summed E-state index contributed by atoms with van der Waals surface area (Å²) in [6.07, 6.45) is 2.06. The third kappa shape index (κ3) is 4.86. The lowest BCUT2D eigenvalue weighted by atomic mass is 10.1. The Morgan fingerprint density at radius 1 is 1.31 bits per heavy atom. The van der Waals surface area contributed by atoms with Gasteiger partial charge in [0.15, 0.2) is 0 Å². The minimum atomic E-state index is 0.496. The first-order chi connectivity index (χ1) is 7.76. The van der Waals surface area contributed by atoms with Crippen LogP contribution in [-0.4, -0.2) is 25.6 Å². The van der Waals surface area contributed by atoms with Crippen molar-refractivity contribution in [1.29, 1.82) is 0 Å². The molecule has 0 aromatic heterocycles. The number of hydrogen-bond acceptors (Lipinski definition) is 2. The first kappa shape index (κ1) is 13.3. The van der Waals surface area contributed by atoms with Crippen LogP contribution in [-0.2, 0) is 6.42 Å². The molecule has 90 valence electrons. The summed E-state index contributed by atoms with van der Waals surface area (Å²) in [7, 11) is 1.68. The third-order valence-electron chi connectivity index (χ3n) is 2.61. The molecule has 0 aliphatic rings. The SMILES string of the molecule is COc1ccc(CCNC(C)CCCl)cc1. The maximum absolute atomic E-state index is 5.67. The second-order valence-corrected chi connectivity index (χ2v) is 4.31. The van der Waals surface area contributed by atoms with Crippen LogP contribution in [0, 0.1) is 0 Å². The van der Waals surface area contributed by atoms with Gasteiger partial charge in [-0.3, -0.25) is 0 Å². The Hall–Kier alpha value is -0.730. The number of methoxy groups -OCH3 is 1. The van der Waals surface area contributed by atoms with Gasteiger partial charge in [0.25, 0.3) is 0 Å². The quantitative estimate of drug-likeness (QED) is 0.742. The van der Waals surface area contributed by atoms with E-state index in [1.807, 2.05) is 12.1 Å². The average molecular weight is 242 g/mol. The molecule has 0 aliphatic heterocycles. The largest absolute Gasteiger partial charge is 0.497 e. The number of ether oxygens (including phenoxy) is 1. The van der Waals surface area contributed by atoms with E-state index in [2.05, 4.69) is 24.4 Å². The van der Waals surface area contributed by atoms with Crippen LogP contribution in [0.15, 0.2) is 24.3 Å². The lowest BCUT2D eigenvalue weighted by molar-refractivity contribution is 0.414. The maximum atomic E-state index is 5.67. The second kappa shape index (κ2) is 7.53. The molecule has 0 spiro atoms. The molecule has 16 heavy (non-hydrogen) atoms. The third-order valence-corrected chi connectivity index (χ3v) is 2.83. The van der Waals surface area contributed by atoms with Gasteiger partial charge in [0.2, 0.25) is 0 Å². The summed E-state index contributed by atoms with van der Waals surface area (Å²) in [6, 6.07) is 8.70. The van der Waals surface area contributed by atoms with Crippen LogP contribution in [0.4, 0.5) is 0 Å². The van der Waals surface area contributed by atoms with E-state index >= 15 is 0 Å². The van der Waals surface area contributed by atoms with Gasteiger partial charge in [-0.25, -0.2) is 0 Å². The molecule has 1 N–H and O–H groups in total. The van der Waals surface area contributed by atoms with Gasteiger partial charge in [0.1, 0.15) is 5.75 Å². The predicted molar refractivity (Wildman–Crippen MR) is 69.5 cm³/mol. The van der Waals surface area contributed by atoms with E-state index in [-0.39, 0.29) is 0 Å². The summed E-state index contributed by atoms with van der Waals surface area (Å²) in [4.78, 5) is 0. The van der Waals surface area contributed by atoms with Crippen molar-refractivity contribution in [1.82, 2.24) is 5.32 Å². The molecule has 0 aliphatic carbocycles. The van der Waals surface area contributed by atoms with Gasteiger partial charge in [-0.1, -0.05) is 12.1 Å². The first-order valence-electron chi connectivity index (χ1n) is 5.68. The molecule has 1 rings (SSSR count). The molecular weight excluding hydrogens is 222 g/mol. The molecule has 0 radical (unpaired) electrons. The van der Waals surface area contributed by atoms with Gasteiger partial charge in [0.05, 0.1) is 7.11 Å². The number of rotatable bonds is 7. The standard InChI is InChI=1S/C13H20ClNO/c1-11(7-9-14)15-10-8-12-3-5-13(16-2)6-4-12/h3-6,11,15H,7-10H2,1-2H3. The highest BCUT2D eigenvalue weighted by Crippen LogP contribution is 2.11. The highest BCUT2D eigenvalue weighted by atomic mass is 35.5. The molecule has 1 aromatic rings. The monoisotopic (exact) mass is 241 g/mol. The molecule has 1 atom stereocenters. The lowest BCUT2D eigenvalue weighted by Gasteiger charge is -2.12. The minimum absolute atomic E-state index is 0.496. The van der Waals surface area contributed by atoms with Crippen LogP contribution in [0.2, 0.25) is 0 Å². The summed E-state index contributed by atoms with van der Waals surface area (Å²) in [5.74, 6) is 1.63. The second-order valence-electron chi connectivity index (χ2n) is 3.93. The van der Waals surface area contributed by atoms with Gasteiger partial charge in [-0.15, -0.1) is 11.6 Å². The van der Waals surface area contributed by atoms with E-state index in [0.29, 0.717) is 6.04 Å². The number of benzene rings is 1. The van der Waals surface area contributed by atoms with Crippen molar-refractivity contribution in [3.63, 3.8) is 0 Å². The van der Waals surface area contributed by atoms with Crippen LogP contribution in [0.5, 0.6) is 5.75 Å². The Morgan fingerprint density at radius 2 is 2.00 bits per heavy atom. The Morgan fingerprint density at radius 3 is 2.56 bits per heavy atom. The summed E-state index contributed by atoms with van der Waals surface area (Å²) >= 11 is 5.67. The zero-order valence-corrected chi connectivity index (χ0v) is 10.8. The summed E-state index contributed by atoms with van der Waals surface area (Å²) in [5.41, 5.74) is 1.33. The van der Waals surface area contributed by atoms with Crippen LogP contribution >= 0.6 is 11.6 Å². The van der Waals surface area contributed by atoms with Crippen molar-refractivity contribution in [3.05, 3.63) is 29.8 Å². The van der Waals surface area contributed by atoms with Crippen molar-refractivity contribution in [2.75, 3.05) is 19.5 Å². The zero-order valence-electron chi connectivity index (χ0n) is 10.0. The fourth-order valence-electron chi connectivity index (χ4n) is 1.52. The summed E-state index contributed by atoms with van der Waals surface area (Å²) in [6.45, 7) is 3.15. The van der Waals surface area contributed by atoms with E-state index in [1.54, 1.807) is 7.11 Å². The van der Waals surface area contributed by atoms with Crippen LogP contribution in [0.3, 0.4) is 0 Å². The van der Waals surface area contributed by atoms with Crippen LogP contribution in [0.25, 0.3) is 0 Å². The summed E-state index contributed by atoms with van der Waals surface area (Å²) < 4.78 is 5.11. The highest BCUT2D eigenvalue weighted by molar-refractivity contribution is 6.17. The average Bonchev–Trinajstić information content (AvgIpc) is 2.30. The van der Waals surface area contributed by atoms with E-state index in [0.717, 1.165) is 31.0 Å². The van der Waals surface area contributed by atoms with Crippen molar-refractivity contribution in [2.45, 2.75) is 25.8 Å². The number of alkyl halides is 1. The lowest BCUT2D eigenvalue weighted by Crippen LogP contribution is -2.28. The smallest absolute Gasteiger partial charge is 0.118 e. The van der Waals surface area contributed by atoms with Gasteiger partial charge in [-0.2, -0.15) is 0 Å². The Balaban J connectivity index is 2.26. The Kier molecular flexibility index (Phi) is 6.27. The van der Waals surface area contributed by atoms with E-state index in [1.165, 1.54) is 5.56 Å². The molecule has 0 saturated heterocycles. The first-order valence-corrected chi connectivity index (χ1v) is 6.22. The molecule has 3 heteroatoms. The van der Waals surface area contributed by atoms with Gasteiger partial charge >= 0.3 is 0 Å². The molecular formula is C13H20ClNO. The maximum Gasteiger partial charge on any atom is 0.118 e. The van der Waals surface area contributed by atoms with Crippen molar-refractivity contribution in [2.24, 2.45) is 0 Å². The number of nitrogens with one attached hydrogen (secondary N) is 1. The minimum Gasteiger partial charge on any atom is -0.497 e. The normalized spacial score (nSPS) is 12.4. The molecule has 1 aromatic carbocycles. The highest BCUT2D eigenvalue weighted by Gasteiger charge is 2.00. The topological polar surface area (TPSA) is 21.3 Å². The fraction of sp³-hybridized carbons (Fsp3) is 0.538. The van der Waals surface area contributed by atoms with Crippen LogP contribution in [0.1, 0.15) is 18.9 Å². The number of halogens is 1. The molecule has 0 saturated carbocycles. The predicted octanol–water partition coefficient (Wildman–Crippen LogP) is 2.84. The van der Waals surface area contributed by atoms with E-state index < -0.39 is 0 Å². The number of hydrogen-bond donors (Lipinski definition) is 1. The van der Waals surface area contributed by atoms with E-state index in [9.17, 15) is 0 Å². The van der Waals surface area contributed by atoms with E-state index in [4.69, 9.17) is 16.3 Å². The molecule has 1 unspecified atom stereocenters. The molecule has 2 nitrogen and oxygen atoms in total. The molecule has 0 fully saturated rings. The Labute approximate surface area is 103 Å². The van der Waals surface area contributed by atoms with Crippen molar-refractivity contribution < 1.29 is 4.74 Å². The van der Waals surface area contributed by atoms with Gasteiger partial charge < -0.3 is 10.1 Å². The molecule has 0 amide bonds. The molecule has 0 heterocycles. The van der Waals surface area contributed by atoms with Gasteiger partial charge in [-0.05, 0) is 44.0 Å². The van der Waals surface area contributed by atoms with Crippen molar-refractivity contribution >= 4 is 11.6 Å². The van der Waals surface area contributed by atoms with Crippen LogP contribution < -0.4 is 10.1 Å². The van der Waals surface area contributed by atoms with Crippen molar-refractivity contribution in [3.8, 4) is 5.75 Å². The van der Waals surface area contributed by atoms with Gasteiger partial charge in [0, 0.05) is 11.9 Å². The zero-order chi connectivity index (χ0) is 11.8. The molecule has 0 bridgehead atoms. The fourth-order valence-corrected chi connectivity index (χ4v) is 1.85.